The first kappa shape index (κ1) is 16.1. The van der Waals surface area contributed by atoms with Crippen molar-refractivity contribution in [2.24, 2.45) is 0 Å². The predicted octanol–water partition coefficient (Wildman–Crippen LogP) is 1.69. The lowest BCUT2D eigenvalue weighted by Gasteiger charge is -2.10. The first-order valence-electron chi connectivity index (χ1n) is 7.07. The number of amides is 1. The Morgan fingerprint density at radius 1 is 1.42 bits per heavy atom. The van der Waals surface area contributed by atoms with Gasteiger partial charge in [-0.3, -0.25) is 14.7 Å². The van der Waals surface area contributed by atoms with Crippen LogP contribution in [0.5, 0.6) is 5.75 Å². The quantitative estimate of drug-likeness (QED) is 0.479. The predicted molar refractivity (Wildman–Crippen MR) is 91.6 cm³/mol. The number of anilines is 1. The number of methoxy groups -OCH3 is 1. The second kappa shape index (κ2) is 6.75. The second-order valence-electron chi connectivity index (χ2n) is 5.04. The fraction of sp³-hybridized carbons (Fsp3) is 0.200. The molecule has 1 aromatic carbocycles. The highest BCUT2D eigenvalue weighted by Crippen LogP contribution is 2.25. The minimum absolute atomic E-state index is 0.0969. The lowest BCUT2D eigenvalue weighted by Crippen LogP contribution is -2.16. The monoisotopic (exact) mass is 345 g/mol. The van der Waals surface area contributed by atoms with Crippen molar-refractivity contribution < 1.29 is 9.53 Å². The molecule has 8 nitrogen and oxygen atoms in total. The number of H-pyrrole nitrogens is 2. The van der Waals surface area contributed by atoms with Crippen LogP contribution in [-0.2, 0) is 4.79 Å². The number of fused-ring (bicyclic) bond motifs is 1. The SMILES string of the molecule is COc1ccc(C)cc1NC(=O)CSc1nc2[nH]ncc2c(=O)[nH]1. The van der Waals surface area contributed by atoms with Crippen molar-refractivity contribution in [3.05, 3.63) is 40.3 Å². The maximum absolute atomic E-state index is 12.1. The number of aromatic nitrogens is 4. The number of carbonyl (C=O) groups excluding carboxylic acids is 1. The first-order chi connectivity index (χ1) is 11.6. The van der Waals surface area contributed by atoms with Crippen LogP contribution in [0.25, 0.3) is 11.0 Å². The van der Waals surface area contributed by atoms with E-state index < -0.39 is 0 Å². The summed E-state index contributed by atoms with van der Waals surface area (Å²) < 4.78 is 5.23. The Kier molecular flexibility index (Phi) is 4.52. The number of hydrogen-bond acceptors (Lipinski definition) is 6. The van der Waals surface area contributed by atoms with Gasteiger partial charge >= 0.3 is 0 Å². The Balaban J connectivity index is 1.69. The lowest BCUT2D eigenvalue weighted by atomic mass is 10.2. The average Bonchev–Trinajstić information content (AvgIpc) is 3.02. The molecule has 2 aromatic heterocycles. The van der Waals surface area contributed by atoms with Gasteiger partial charge < -0.3 is 15.0 Å². The van der Waals surface area contributed by atoms with Gasteiger partial charge in [0.25, 0.3) is 5.56 Å². The Hall–Kier alpha value is -2.81. The zero-order valence-electron chi connectivity index (χ0n) is 13.0. The van der Waals surface area contributed by atoms with Gasteiger partial charge in [0.2, 0.25) is 5.91 Å². The summed E-state index contributed by atoms with van der Waals surface area (Å²) in [7, 11) is 1.54. The number of nitrogens with zero attached hydrogens (tertiary/aromatic N) is 2. The summed E-state index contributed by atoms with van der Waals surface area (Å²) in [6, 6.07) is 5.53. The molecule has 124 valence electrons. The van der Waals surface area contributed by atoms with Crippen molar-refractivity contribution in [1.29, 1.82) is 0 Å². The number of hydrogen-bond donors (Lipinski definition) is 3. The van der Waals surface area contributed by atoms with Gasteiger partial charge in [-0.1, -0.05) is 17.8 Å². The van der Waals surface area contributed by atoms with Crippen molar-refractivity contribution in [2.45, 2.75) is 12.1 Å². The van der Waals surface area contributed by atoms with Crippen LogP contribution in [0, 0.1) is 6.92 Å². The van der Waals surface area contributed by atoms with Gasteiger partial charge in [-0.25, -0.2) is 4.98 Å². The van der Waals surface area contributed by atoms with Gasteiger partial charge in [-0.15, -0.1) is 0 Å². The van der Waals surface area contributed by atoms with E-state index in [1.165, 1.54) is 6.20 Å². The molecule has 0 saturated carbocycles. The van der Waals surface area contributed by atoms with E-state index in [2.05, 4.69) is 25.5 Å². The molecule has 0 unspecified atom stereocenters. The Morgan fingerprint density at radius 3 is 3.04 bits per heavy atom. The highest BCUT2D eigenvalue weighted by atomic mass is 32.2. The minimum Gasteiger partial charge on any atom is -0.495 e. The molecular formula is C15H15N5O3S. The van der Waals surface area contributed by atoms with E-state index in [9.17, 15) is 9.59 Å². The van der Waals surface area contributed by atoms with Crippen LogP contribution in [0.4, 0.5) is 5.69 Å². The molecule has 9 heteroatoms. The maximum Gasteiger partial charge on any atom is 0.262 e. The van der Waals surface area contributed by atoms with Gasteiger partial charge in [0.15, 0.2) is 10.8 Å². The molecule has 0 saturated heterocycles. The van der Waals surface area contributed by atoms with Gasteiger partial charge in [0, 0.05) is 0 Å². The summed E-state index contributed by atoms with van der Waals surface area (Å²) in [6.45, 7) is 1.93. The molecular weight excluding hydrogens is 330 g/mol. The van der Waals surface area contributed by atoms with Gasteiger partial charge in [-0.2, -0.15) is 5.10 Å². The summed E-state index contributed by atoms with van der Waals surface area (Å²) >= 11 is 1.13. The van der Waals surface area contributed by atoms with Crippen LogP contribution in [0.1, 0.15) is 5.56 Å². The van der Waals surface area contributed by atoms with E-state index in [-0.39, 0.29) is 17.2 Å². The number of aryl methyl sites for hydroxylation is 1. The number of aromatic amines is 2. The Morgan fingerprint density at radius 2 is 2.25 bits per heavy atom. The minimum atomic E-state index is -0.294. The van der Waals surface area contributed by atoms with Crippen molar-refractivity contribution in [3.63, 3.8) is 0 Å². The second-order valence-corrected chi connectivity index (χ2v) is 6.01. The van der Waals surface area contributed by atoms with E-state index in [1.807, 2.05) is 19.1 Å². The molecule has 0 atom stereocenters. The molecule has 0 aliphatic heterocycles. The molecule has 0 radical (unpaired) electrons. The van der Waals surface area contributed by atoms with Crippen LogP contribution in [0.15, 0.2) is 34.3 Å². The molecule has 1 amide bonds. The highest BCUT2D eigenvalue weighted by Gasteiger charge is 2.11. The molecule has 3 rings (SSSR count). The maximum atomic E-state index is 12.1. The summed E-state index contributed by atoms with van der Waals surface area (Å²) in [5.74, 6) is 0.459. The molecule has 0 aliphatic rings. The summed E-state index contributed by atoms with van der Waals surface area (Å²) in [6.07, 6.45) is 1.41. The average molecular weight is 345 g/mol. The molecule has 24 heavy (non-hydrogen) atoms. The molecule has 0 fully saturated rings. The molecule has 0 bridgehead atoms. The summed E-state index contributed by atoms with van der Waals surface area (Å²) in [5.41, 5.74) is 1.71. The van der Waals surface area contributed by atoms with Crippen LogP contribution in [0.2, 0.25) is 0 Å². The van der Waals surface area contributed by atoms with E-state index in [0.717, 1.165) is 17.3 Å². The molecule has 0 aliphatic carbocycles. The van der Waals surface area contributed by atoms with E-state index >= 15 is 0 Å². The lowest BCUT2D eigenvalue weighted by molar-refractivity contribution is -0.113. The van der Waals surface area contributed by atoms with Crippen molar-refractivity contribution in [2.75, 3.05) is 18.2 Å². The largest absolute Gasteiger partial charge is 0.495 e. The van der Waals surface area contributed by atoms with Gasteiger partial charge in [0.1, 0.15) is 11.1 Å². The standard InChI is InChI=1S/C15H15N5O3S/c1-8-3-4-11(23-2)10(5-8)17-12(21)7-24-15-18-13-9(6-16-20-13)14(22)19-15/h3-6H,7H2,1-2H3,(H,17,21)(H2,16,18,19,20,22). The van der Waals surface area contributed by atoms with Gasteiger partial charge in [0.05, 0.1) is 24.7 Å². The van der Waals surface area contributed by atoms with Crippen molar-refractivity contribution in [3.8, 4) is 5.75 Å². The fourth-order valence-corrected chi connectivity index (χ4v) is 2.79. The number of thioether (sulfide) groups is 1. The first-order valence-corrected chi connectivity index (χ1v) is 8.06. The third-order valence-electron chi connectivity index (χ3n) is 3.27. The fourth-order valence-electron chi connectivity index (χ4n) is 2.13. The van der Waals surface area contributed by atoms with Gasteiger partial charge in [-0.05, 0) is 24.6 Å². The number of ether oxygens (including phenoxy) is 1. The zero-order valence-corrected chi connectivity index (χ0v) is 13.9. The normalized spacial score (nSPS) is 10.8. The number of carbonyl (C=O) groups is 1. The van der Waals surface area contributed by atoms with E-state index in [4.69, 9.17) is 4.74 Å². The molecule has 3 aromatic rings. The van der Waals surface area contributed by atoms with Crippen LogP contribution in [0.3, 0.4) is 0 Å². The molecule has 0 spiro atoms. The molecule has 3 N–H and O–H groups in total. The summed E-state index contributed by atoms with van der Waals surface area (Å²) in [5, 5.41) is 9.94. The zero-order chi connectivity index (χ0) is 17.1. The smallest absolute Gasteiger partial charge is 0.262 e. The van der Waals surface area contributed by atoms with Crippen molar-refractivity contribution in [1.82, 2.24) is 20.2 Å². The highest BCUT2D eigenvalue weighted by molar-refractivity contribution is 7.99. The van der Waals surface area contributed by atoms with Crippen LogP contribution in [-0.4, -0.2) is 38.9 Å². The Labute approximate surface area is 141 Å². The third-order valence-corrected chi connectivity index (χ3v) is 4.14. The van der Waals surface area contributed by atoms with E-state index in [0.29, 0.717) is 27.6 Å². The van der Waals surface area contributed by atoms with E-state index in [1.54, 1.807) is 13.2 Å². The van der Waals surface area contributed by atoms with Crippen LogP contribution < -0.4 is 15.6 Å². The van der Waals surface area contributed by atoms with Crippen LogP contribution >= 0.6 is 11.8 Å². The third kappa shape index (κ3) is 3.40. The Bertz CT molecular complexity index is 950. The number of benzene rings is 1. The number of nitrogens with one attached hydrogen (secondary N) is 3. The molecule has 2 heterocycles. The van der Waals surface area contributed by atoms with Crippen molar-refractivity contribution >= 4 is 34.4 Å². The number of rotatable bonds is 5. The topological polar surface area (TPSA) is 113 Å². The summed E-state index contributed by atoms with van der Waals surface area (Å²) in [4.78, 5) is 30.8.